The van der Waals surface area contributed by atoms with E-state index in [1.54, 1.807) is 35.1 Å². The van der Waals surface area contributed by atoms with Gasteiger partial charge in [-0.3, -0.25) is 4.79 Å². The van der Waals surface area contributed by atoms with E-state index in [4.69, 9.17) is 0 Å². The predicted octanol–water partition coefficient (Wildman–Crippen LogP) is 3.33. The number of hydrogen-bond acceptors (Lipinski definition) is 3. The number of carbonyl (C=O) groups excluding carboxylic acids is 2. The van der Waals surface area contributed by atoms with Crippen molar-refractivity contribution in [2.24, 2.45) is 0 Å². The molecule has 0 saturated carbocycles. The van der Waals surface area contributed by atoms with Gasteiger partial charge in [-0.15, -0.1) is 0 Å². The largest absolute Gasteiger partial charge is 0.348 e. The number of nitrogens with zero attached hydrogens (tertiary/aromatic N) is 2. The van der Waals surface area contributed by atoms with Gasteiger partial charge in [0.1, 0.15) is 0 Å². The van der Waals surface area contributed by atoms with Gasteiger partial charge in [-0.25, -0.2) is 9.48 Å². The van der Waals surface area contributed by atoms with E-state index in [1.165, 1.54) is 0 Å². The first kappa shape index (κ1) is 19.2. The summed E-state index contributed by atoms with van der Waals surface area (Å²) >= 11 is 0. The van der Waals surface area contributed by atoms with Crippen molar-refractivity contribution < 1.29 is 9.59 Å². The average molecular weight is 377 g/mol. The van der Waals surface area contributed by atoms with Gasteiger partial charge in [0.25, 0.3) is 5.91 Å². The van der Waals surface area contributed by atoms with Crippen LogP contribution in [0.1, 0.15) is 29.8 Å². The summed E-state index contributed by atoms with van der Waals surface area (Å²) in [4.78, 5) is 24.0. The van der Waals surface area contributed by atoms with E-state index in [1.807, 2.05) is 50.4 Å². The molecule has 2 aromatic carbocycles. The number of rotatable bonds is 6. The van der Waals surface area contributed by atoms with Gasteiger partial charge in [0, 0.05) is 36.2 Å². The van der Waals surface area contributed by atoms with E-state index >= 15 is 0 Å². The van der Waals surface area contributed by atoms with Gasteiger partial charge in [-0.1, -0.05) is 12.1 Å². The molecule has 0 saturated heterocycles. The summed E-state index contributed by atoms with van der Waals surface area (Å²) in [5.74, 6) is -0.172. The Morgan fingerprint density at radius 2 is 1.75 bits per heavy atom. The van der Waals surface area contributed by atoms with Crippen molar-refractivity contribution in [3.05, 3.63) is 78.1 Å². The lowest BCUT2D eigenvalue weighted by Gasteiger charge is -2.11. The van der Waals surface area contributed by atoms with Crippen molar-refractivity contribution in [2.75, 3.05) is 5.32 Å². The lowest BCUT2D eigenvalue weighted by molar-refractivity contribution is 0.0951. The second-order valence-corrected chi connectivity index (χ2v) is 6.63. The van der Waals surface area contributed by atoms with Gasteiger partial charge in [-0.05, 0) is 61.9 Å². The maximum Gasteiger partial charge on any atom is 0.319 e. The molecular formula is C21H23N5O2. The van der Waals surface area contributed by atoms with Crippen molar-refractivity contribution in [3.63, 3.8) is 0 Å². The Labute approximate surface area is 163 Å². The molecule has 0 spiro atoms. The average Bonchev–Trinajstić information content (AvgIpc) is 3.21. The first-order valence-corrected chi connectivity index (χ1v) is 9.06. The number of carbonyl (C=O) groups is 2. The summed E-state index contributed by atoms with van der Waals surface area (Å²) < 4.78 is 1.78. The van der Waals surface area contributed by atoms with Gasteiger partial charge in [0.2, 0.25) is 0 Å². The molecule has 1 heterocycles. The van der Waals surface area contributed by atoms with Crippen LogP contribution in [0.2, 0.25) is 0 Å². The third kappa shape index (κ3) is 5.20. The van der Waals surface area contributed by atoms with Crippen molar-refractivity contribution in [1.29, 1.82) is 0 Å². The highest BCUT2D eigenvalue weighted by Crippen LogP contribution is 2.11. The van der Waals surface area contributed by atoms with Gasteiger partial charge >= 0.3 is 6.03 Å². The maximum absolute atomic E-state index is 12.3. The zero-order valence-corrected chi connectivity index (χ0v) is 15.8. The minimum atomic E-state index is -0.272. The molecule has 0 bridgehead atoms. The van der Waals surface area contributed by atoms with Crippen LogP contribution in [0.25, 0.3) is 5.69 Å². The van der Waals surface area contributed by atoms with Crippen molar-refractivity contribution in [3.8, 4) is 5.69 Å². The summed E-state index contributed by atoms with van der Waals surface area (Å²) in [5, 5.41) is 12.6. The third-order valence-electron chi connectivity index (χ3n) is 3.98. The summed E-state index contributed by atoms with van der Waals surface area (Å²) in [7, 11) is 0. The van der Waals surface area contributed by atoms with Crippen molar-refractivity contribution >= 4 is 17.6 Å². The Morgan fingerprint density at radius 3 is 2.36 bits per heavy atom. The summed E-state index contributed by atoms with van der Waals surface area (Å²) in [6.07, 6.45) is 3.60. The number of benzene rings is 2. The Balaban J connectivity index is 1.52. The van der Waals surface area contributed by atoms with E-state index in [0.29, 0.717) is 17.8 Å². The molecule has 0 unspecified atom stereocenters. The quantitative estimate of drug-likeness (QED) is 0.616. The first-order valence-electron chi connectivity index (χ1n) is 9.06. The lowest BCUT2D eigenvalue weighted by Crippen LogP contribution is -2.34. The molecule has 3 aromatic rings. The van der Waals surface area contributed by atoms with E-state index in [-0.39, 0.29) is 18.0 Å². The van der Waals surface area contributed by atoms with E-state index in [2.05, 4.69) is 21.0 Å². The van der Waals surface area contributed by atoms with Crippen LogP contribution < -0.4 is 16.0 Å². The Kier molecular flexibility index (Phi) is 6.06. The molecule has 0 fully saturated rings. The van der Waals surface area contributed by atoms with E-state index < -0.39 is 0 Å². The molecular weight excluding hydrogens is 354 g/mol. The van der Waals surface area contributed by atoms with Gasteiger partial charge in [0.05, 0.1) is 5.69 Å². The topological polar surface area (TPSA) is 88.0 Å². The molecule has 7 heteroatoms. The van der Waals surface area contributed by atoms with Gasteiger partial charge < -0.3 is 16.0 Å². The fraction of sp³-hybridized carbons (Fsp3) is 0.190. The second-order valence-electron chi connectivity index (χ2n) is 6.63. The summed E-state index contributed by atoms with van der Waals surface area (Å²) in [6, 6.07) is 16.2. The maximum atomic E-state index is 12.3. The number of anilines is 1. The molecule has 3 N–H and O–H groups in total. The Hall–Kier alpha value is -3.61. The van der Waals surface area contributed by atoms with Crippen LogP contribution in [-0.2, 0) is 6.54 Å². The fourth-order valence-corrected chi connectivity index (χ4v) is 2.61. The fourth-order valence-electron chi connectivity index (χ4n) is 2.61. The predicted molar refractivity (Wildman–Crippen MR) is 108 cm³/mol. The minimum Gasteiger partial charge on any atom is -0.348 e. The Morgan fingerprint density at radius 1 is 1.04 bits per heavy atom. The van der Waals surface area contributed by atoms with Crippen LogP contribution in [-0.4, -0.2) is 27.8 Å². The molecule has 3 amide bonds. The van der Waals surface area contributed by atoms with E-state index in [9.17, 15) is 9.59 Å². The van der Waals surface area contributed by atoms with Crippen LogP contribution in [0.3, 0.4) is 0 Å². The smallest absolute Gasteiger partial charge is 0.319 e. The molecule has 0 aliphatic heterocycles. The van der Waals surface area contributed by atoms with Crippen LogP contribution in [0, 0.1) is 0 Å². The molecule has 28 heavy (non-hydrogen) atoms. The van der Waals surface area contributed by atoms with Crippen LogP contribution in [0.4, 0.5) is 10.5 Å². The highest BCUT2D eigenvalue weighted by atomic mass is 16.2. The number of nitrogens with one attached hydrogen (secondary N) is 3. The normalized spacial score (nSPS) is 10.5. The number of amides is 3. The van der Waals surface area contributed by atoms with Crippen molar-refractivity contribution in [1.82, 2.24) is 20.4 Å². The number of aromatic nitrogens is 2. The van der Waals surface area contributed by atoms with Crippen LogP contribution >= 0.6 is 0 Å². The van der Waals surface area contributed by atoms with E-state index in [0.717, 1.165) is 11.3 Å². The number of urea groups is 1. The van der Waals surface area contributed by atoms with Crippen LogP contribution in [0.5, 0.6) is 0 Å². The monoisotopic (exact) mass is 377 g/mol. The molecule has 3 rings (SSSR count). The SMILES string of the molecule is CC(C)NC(=O)Nc1ccc(C(=O)NCc2ccc(-n3cccn3)cc2)cc1. The summed E-state index contributed by atoms with van der Waals surface area (Å²) in [6.45, 7) is 4.20. The highest BCUT2D eigenvalue weighted by molar-refractivity contribution is 5.95. The third-order valence-corrected chi connectivity index (χ3v) is 3.98. The molecule has 0 radical (unpaired) electrons. The highest BCUT2D eigenvalue weighted by Gasteiger charge is 2.07. The molecule has 1 aromatic heterocycles. The molecule has 0 atom stereocenters. The zero-order valence-electron chi connectivity index (χ0n) is 15.8. The Bertz CT molecular complexity index is 916. The minimum absolute atomic E-state index is 0.0543. The lowest BCUT2D eigenvalue weighted by atomic mass is 10.1. The second kappa shape index (κ2) is 8.85. The summed E-state index contributed by atoms with van der Waals surface area (Å²) in [5.41, 5.74) is 3.12. The molecule has 7 nitrogen and oxygen atoms in total. The standard InChI is InChI=1S/C21H23N5O2/c1-15(2)24-21(28)25-18-8-6-17(7-9-18)20(27)22-14-16-4-10-19(11-5-16)26-13-3-12-23-26/h3-13,15H,14H2,1-2H3,(H,22,27)(H2,24,25,28). The molecule has 0 aliphatic carbocycles. The van der Waals surface area contributed by atoms with Crippen LogP contribution in [0.15, 0.2) is 67.0 Å². The van der Waals surface area contributed by atoms with Gasteiger partial charge in [-0.2, -0.15) is 5.10 Å². The first-order chi connectivity index (χ1) is 13.5. The zero-order chi connectivity index (χ0) is 19.9. The molecule has 144 valence electrons. The van der Waals surface area contributed by atoms with Crippen molar-refractivity contribution in [2.45, 2.75) is 26.4 Å². The molecule has 0 aliphatic rings. The van der Waals surface area contributed by atoms with Gasteiger partial charge in [0.15, 0.2) is 0 Å². The number of hydrogen-bond donors (Lipinski definition) is 3.